The number of piperidine rings is 1. The first kappa shape index (κ1) is 37.9. The minimum absolute atomic E-state index is 0.0162. The van der Waals surface area contributed by atoms with Crippen LogP contribution >= 0.6 is 0 Å². The van der Waals surface area contributed by atoms with E-state index in [1.807, 2.05) is 24.3 Å². The summed E-state index contributed by atoms with van der Waals surface area (Å²) < 4.78 is 106. The molecule has 53 heavy (non-hydrogen) atoms. The molecule has 0 spiro atoms. The predicted octanol–water partition coefficient (Wildman–Crippen LogP) is 8.48. The summed E-state index contributed by atoms with van der Waals surface area (Å²) in [6.07, 6.45) is 5.87. The first-order valence-electron chi connectivity index (χ1n) is 17.4. The number of aromatic carboxylic acids is 1. The van der Waals surface area contributed by atoms with Crippen LogP contribution in [0.1, 0.15) is 84.3 Å². The monoisotopic (exact) mass is 756 g/mol. The molecule has 1 atom stereocenters. The maximum Gasteiger partial charge on any atom is 0.339 e. The Labute approximate surface area is 303 Å². The maximum absolute atomic E-state index is 14.9. The molecule has 1 saturated carbocycles. The van der Waals surface area contributed by atoms with E-state index in [4.69, 9.17) is 4.74 Å². The summed E-state index contributed by atoms with van der Waals surface area (Å²) in [6, 6.07) is 18.9. The van der Waals surface area contributed by atoms with Crippen LogP contribution in [-0.4, -0.2) is 42.3 Å². The first-order valence-corrected chi connectivity index (χ1v) is 18.8. The molecule has 4 aromatic rings. The summed E-state index contributed by atoms with van der Waals surface area (Å²) in [5.74, 6) is -14.3. The van der Waals surface area contributed by atoms with Gasteiger partial charge in [-0.1, -0.05) is 80.3 Å². The predicted molar refractivity (Wildman–Crippen MR) is 185 cm³/mol. The fraction of sp³-hybridized carbons (Fsp3) is 0.333. The van der Waals surface area contributed by atoms with Crippen LogP contribution in [-0.2, 0) is 28.0 Å². The Balaban J connectivity index is 1.40. The van der Waals surface area contributed by atoms with E-state index in [9.17, 15) is 45.1 Å². The Morgan fingerprint density at radius 1 is 0.755 bits per heavy atom. The zero-order chi connectivity index (χ0) is 37.9. The molecule has 0 aromatic heterocycles. The molecule has 0 bridgehead atoms. The number of carboxylic acid groups (broad SMARTS) is 1. The van der Waals surface area contributed by atoms with Crippen molar-refractivity contribution in [3.63, 3.8) is 0 Å². The lowest BCUT2D eigenvalue weighted by atomic mass is 9.84. The number of rotatable bonds is 11. The highest BCUT2D eigenvalue weighted by atomic mass is 32.2. The van der Waals surface area contributed by atoms with Crippen molar-refractivity contribution in [2.75, 3.05) is 11.4 Å². The topological polar surface area (TPSA) is 104 Å². The molecule has 1 heterocycles. The first-order chi connectivity index (χ1) is 25.4. The molecule has 1 amide bonds. The molecule has 14 heteroatoms. The number of amides is 1. The van der Waals surface area contributed by atoms with Crippen LogP contribution in [0.4, 0.5) is 27.6 Å². The molecule has 280 valence electrons. The van der Waals surface area contributed by atoms with E-state index >= 15 is 0 Å². The van der Waals surface area contributed by atoms with Gasteiger partial charge >= 0.3 is 5.97 Å². The average molecular weight is 757 g/mol. The van der Waals surface area contributed by atoms with E-state index < -0.39 is 68.5 Å². The van der Waals surface area contributed by atoms with Gasteiger partial charge in [0.2, 0.25) is 21.7 Å². The van der Waals surface area contributed by atoms with Crippen LogP contribution in [0.15, 0.2) is 77.7 Å². The number of carbonyl (C=O) groups is 2. The van der Waals surface area contributed by atoms with Gasteiger partial charge in [0.1, 0.15) is 24.0 Å². The Morgan fingerprint density at radius 2 is 1.38 bits per heavy atom. The lowest BCUT2D eigenvalue weighted by Gasteiger charge is -2.37. The lowest BCUT2D eigenvalue weighted by Crippen LogP contribution is -2.53. The highest BCUT2D eigenvalue weighted by Gasteiger charge is 2.44. The SMILES string of the molecule is O=C(O)c1ccc(N(Cc2ccc(C3CCCCC3)cc2)C(=O)C2CCCCN2S(=O)(=O)c2c(F)c(F)c(F)c(F)c2F)cc1OCc1ccccc1. The zero-order valence-corrected chi connectivity index (χ0v) is 29.4. The third kappa shape index (κ3) is 7.93. The van der Waals surface area contributed by atoms with Gasteiger partial charge in [-0.05, 0) is 60.4 Å². The molecule has 1 saturated heterocycles. The van der Waals surface area contributed by atoms with Gasteiger partial charge in [0.15, 0.2) is 28.2 Å². The molecule has 2 aliphatic rings. The third-order valence-electron chi connectivity index (χ3n) is 9.88. The number of halogens is 5. The van der Waals surface area contributed by atoms with E-state index in [-0.39, 0.29) is 43.0 Å². The Bertz CT molecular complexity index is 2060. The molecule has 1 aliphatic carbocycles. The Kier molecular flexibility index (Phi) is 11.5. The quantitative estimate of drug-likeness (QED) is 0.0936. The van der Waals surface area contributed by atoms with Gasteiger partial charge in [-0.15, -0.1) is 0 Å². The lowest BCUT2D eigenvalue weighted by molar-refractivity contribution is -0.123. The van der Waals surface area contributed by atoms with E-state index in [0.717, 1.165) is 36.8 Å². The molecule has 1 unspecified atom stereocenters. The highest BCUT2D eigenvalue weighted by Crippen LogP contribution is 2.36. The van der Waals surface area contributed by atoms with Gasteiger partial charge in [0, 0.05) is 18.3 Å². The van der Waals surface area contributed by atoms with Crippen molar-refractivity contribution in [1.82, 2.24) is 4.31 Å². The van der Waals surface area contributed by atoms with Gasteiger partial charge in [-0.2, -0.15) is 4.31 Å². The second kappa shape index (κ2) is 16.0. The number of carbonyl (C=O) groups excluding carboxylic acids is 1. The van der Waals surface area contributed by atoms with E-state index in [2.05, 4.69) is 0 Å². The molecular formula is C39H37F5N2O6S. The van der Waals surface area contributed by atoms with Gasteiger partial charge in [0.05, 0.1) is 6.54 Å². The van der Waals surface area contributed by atoms with Crippen molar-refractivity contribution in [1.29, 1.82) is 0 Å². The number of hydrogen-bond donors (Lipinski definition) is 1. The number of ether oxygens (including phenoxy) is 1. The minimum atomic E-state index is -5.46. The molecule has 2 fully saturated rings. The minimum Gasteiger partial charge on any atom is -0.488 e. The third-order valence-corrected chi connectivity index (χ3v) is 11.8. The molecule has 4 aromatic carbocycles. The van der Waals surface area contributed by atoms with Crippen LogP contribution in [0.5, 0.6) is 5.75 Å². The van der Waals surface area contributed by atoms with Crippen LogP contribution in [0.3, 0.4) is 0 Å². The molecule has 0 radical (unpaired) electrons. The Morgan fingerprint density at radius 3 is 2.02 bits per heavy atom. The van der Waals surface area contributed by atoms with Crippen molar-refractivity contribution < 1.29 is 49.8 Å². The summed E-state index contributed by atoms with van der Waals surface area (Å²) in [4.78, 5) is 26.0. The Hall–Kier alpha value is -4.82. The average Bonchev–Trinajstić information content (AvgIpc) is 3.18. The number of sulfonamides is 1. The molecular weight excluding hydrogens is 719 g/mol. The highest BCUT2D eigenvalue weighted by molar-refractivity contribution is 7.89. The molecule has 1 aliphatic heterocycles. The summed E-state index contributed by atoms with van der Waals surface area (Å²) in [7, 11) is -5.46. The fourth-order valence-corrected chi connectivity index (χ4v) is 8.84. The smallest absolute Gasteiger partial charge is 0.339 e. The van der Waals surface area contributed by atoms with Crippen molar-refractivity contribution in [3.8, 4) is 5.75 Å². The summed E-state index contributed by atoms with van der Waals surface area (Å²) in [5.41, 5.74) is 2.43. The number of anilines is 1. The number of carboxylic acids is 1. The fourth-order valence-electron chi connectivity index (χ4n) is 7.07. The van der Waals surface area contributed by atoms with Gasteiger partial charge in [-0.25, -0.2) is 35.2 Å². The van der Waals surface area contributed by atoms with Crippen LogP contribution in [0.2, 0.25) is 0 Å². The number of nitrogens with zero attached hydrogens (tertiary/aromatic N) is 2. The second-order valence-corrected chi connectivity index (χ2v) is 15.1. The van der Waals surface area contributed by atoms with Gasteiger partial charge in [-0.3, -0.25) is 4.79 Å². The van der Waals surface area contributed by atoms with Crippen LogP contribution < -0.4 is 9.64 Å². The molecule has 1 N–H and O–H groups in total. The normalized spacial score (nSPS) is 17.0. The second-order valence-electron chi connectivity index (χ2n) is 13.3. The van der Waals surface area contributed by atoms with Crippen molar-refractivity contribution in [3.05, 3.63) is 124 Å². The molecule has 6 rings (SSSR count). The van der Waals surface area contributed by atoms with E-state index in [1.54, 1.807) is 30.3 Å². The van der Waals surface area contributed by atoms with Gasteiger partial charge < -0.3 is 14.7 Å². The van der Waals surface area contributed by atoms with Crippen LogP contribution in [0.25, 0.3) is 0 Å². The van der Waals surface area contributed by atoms with E-state index in [1.165, 1.54) is 29.5 Å². The van der Waals surface area contributed by atoms with Gasteiger partial charge in [0.25, 0.3) is 0 Å². The largest absolute Gasteiger partial charge is 0.488 e. The number of benzene rings is 4. The summed E-state index contributed by atoms with van der Waals surface area (Å²) >= 11 is 0. The standard InChI is InChI=1S/C39H37F5N2O6S/c40-32-33(41)35(43)37(36(44)34(32)42)53(50,51)46-20-8-7-13-30(46)38(47)45(22-24-14-16-27(17-15-24)26-11-5-2-6-12-26)28-18-19-29(39(48)49)31(21-28)52-23-25-9-3-1-4-10-25/h1,3-4,9-10,14-19,21,26,30H,2,5-8,11-13,20,22-23H2,(H,48,49). The zero-order valence-electron chi connectivity index (χ0n) is 28.5. The van der Waals surface area contributed by atoms with E-state index in [0.29, 0.717) is 22.2 Å². The van der Waals surface area contributed by atoms with Crippen molar-refractivity contribution >= 4 is 27.6 Å². The molecule has 8 nitrogen and oxygen atoms in total. The number of hydrogen-bond acceptors (Lipinski definition) is 5. The van der Waals surface area contributed by atoms with Crippen molar-refractivity contribution in [2.24, 2.45) is 0 Å². The van der Waals surface area contributed by atoms with Crippen molar-refractivity contribution in [2.45, 2.75) is 81.4 Å². The summed E-state index contributed by atoms with van der Waals surface area (Å²) in [6.45, 7) is -0.593. The maximum atomic E-state index is 14.9. The summed E-state index contributed by atoms with van der Waals surface area (Å²) in [5, 5.41) is 9.94. The van der Waals surface area contributed by atoms with Crippen LogP contribution in [0, 0.1) is 29.1 Å².